The van der Waals surface area contributed by atoms with E-state index in [1.807, 2.05) is 131 Å². The second-order valence-electron chi connectivity index (χ2n) is 19.5. The molecule has 0 radical (unpaired) electrons. The summed E-state index contributed by atoms with van der Waals surface area (Å²) < 4.78 is 107. The van der Waals surface area contributed by atoms with Gasteiger partial charge in [0, 0.05) is 6.20 Å². The molecule has 0 spiro atoms. The molecule has 356 valence electrons. The maximum atomic E-state index is 9.60. The molecule has 0 fully saturated rings. The van der Waals surface area contributed by atoms with Crippen LogP contribution < -0.4 is 4.74 Å². The fraction of sp³-hybridized carbons (Fsp3) is 0.0909. The van der Waals surface area contributed by atoms with Crippen molar-refractivity contribution in [2.45, 2.75) is 40.0 Å². The van der Waals surface area contributed by atoms with Gasteiger partial charge in [-0.3, -0.25) is 0 Å². The molecule has 73 heavy (non-hydrogen) atoms. The summed E-state index contributed by atoms with van der Waals surface area (Å²) >= 11 is 2.21. The predicted octanol–water partition coefficient (Wildman–Crippen LogP) is 17.1. The predicted molar refractivity (Wildman–Crippen MR) is 298 cm³/mol. The number of rotatable bonds is 8. The van der Waals surface area contributed by atoms with Crippen molar-refractivity contribution in [1.29, 1.82) is 0 Å². The van der Waals surface area contributed by atoms with Gasteiger partial charge >= 0.3 is 395 Å². The number of benzene rings is 9. The number of aromatic nitrogens is 5. The zero-order chi connectivity index (χ0) is 58.2. The third kappa shape index (κ3) is 7.59. The van der Waals surface area contributed by atoms with Gasteiger partial charge in [-0.2, -0.15) is 0 Å². The normalized spacial score (nSPS) is 13.9. The molecule has 9 aromatic carbocycles. The first-order valence-corrected chi connectivity index (χ1v) is 25.2. The molecule has 4 heterocycles. The van der Waals surface area contributed by atoms with E-state index in [4.69, 9.17) is 17.9 Å². The first-order chi connectivity index (χ1) is 39.7. The van der Waals surface area contributed by atoms with Crippen molar-refractivity contribution in [3.8, 4) is 56.6 Å². The number of para-hydroxylation sites is 3. The van der Waals surface area contributed by atoms with E-state index in [0.29, 0.717) is 37.7 Å². The van der Waals surface area contributed by atoms with Crippen LogP contribution in [0.4, 0.5) is 0 Å². The Hall–Kier alpha value is -8.31. The van der Waals surface area contributed by atoms with Gasteiger partial charge in [-0.15, -0.1) is 0 Å². The molecule has 4 aromatic heterocycles. The van der Waals surface area contributed by atoms with Crippen molar-refractivity contribution in [3.63, 3.8) is 0 Å². The van der Waals surface area contributed by atoms with Crippen LogP contribution in [0.1, 0.15) is 51.2 Å². The Morgan fingerprint density at radius 1 is 0.466 bits per heavy atom. The van der Waals surface area contributed by atoms with E-state index >= 15 is 0 Å². The first-order valence-electron chi connectivity index (χ1n) is 29.0. The van der Waals surface area contributed by atoms with E-state index in [1.54, 1.807) is 12.1 Å². The Bertz CT molecular complexity index is 4800. The quantitative estimate of drug-likeness (QED) is 0.152. The number of fused-ring (bicyclic) bond motifs is 7. The minimum atomic E-state index is -0.577. The van der Waals surface area contributed by atoms with Crippen LogP contribution in [0.5, 0.6) is 11.5 Å². The molecule has 6 nitrogen and oxygen atoms in total. The molecule has 13 aromatic rings. The van der Waals surface area contributed by atoms with Gasteiger partial charge in [0.15, 0.2) is 0 Å². The summed E-state index contributed by atoms with van der Waals surface area (Å²) in [7, 11) is 0. The molecule has 0 aliphatic carbocycles. The molecule has 0 bridgehead atoms. The third-order valence-electron chi connectivity index (χ3n) is 13.7. The van der Waals surface area contributed by atoms with Crippen LogP contribution in [-0.2, 0) is 24.8 Å². The molecule has 0 aliphatic rings. The molecule has 13 rings (SSSR count). The second-order valence-corrected chi connectivity index (χ2v) is 20.5. The number of hydrogen-bond donors (Lipinski definition) is 0. The van der Waals surface area contributed by atoms with E-state index in [2.05, 4.69) is 87.2 Å². The van der Waals surface area contributed by atoms with Crippen LogP contribution in [0.3, 0.4) is 0 Å². The van der Waals surface area contributed by atoms with Gasteiger partial charge in [-0.1, -0.05) is 32.9 Å². The molecular formula is C66H51N5OPt. The molecule has 7 heteroatoms. The Morgan fingerprint density at radius 3 is 1.68 bits per heavy atom. The molecular weight excluding hydrogens is 1070 g/mol. The van der Waals surface area contributed by atoms with Crippen LogP contribution in [-0.4, -0.2) is 23.3 Å². The van der Waals surface area contributed by atoms with Gasteiger partial charge in [0.25, 0.3) is 0 Å². The van der Waals surface area contributed by atoms with Crippen LogP contribution in [0.25, 0.3) is 99.8 Å². The minimum absolute atomic E-state index is 0.102. The van der Waals surface area contributed by atoms with Crippen LogP contribution in [0.2, 0.25) is 0 Å². The van der Waals surface area contributed by atoms with Crippen molar-refractivity contribution < 1.29 is 37.8 Å². The fourth-order valence-corrected chi connectivity index (χ4v) is 11.4. The zero-order valence-electron chi connectivity index (χ0n) is 50.5. The molecule has 0 aliphatic heterocycles. The number of aryl methyl sites for hydroxylation is 2. The Balaban J connectivity index is 1.07. The van der Waals surface area contributed by atoms with Gasteiger partial charge in [0.1, 0.15) is 0 Å². The van der Waals surface area contributed by atoms with Crippen molar-refractivity contribution in [3.05, 3.63) is 239 Å². The monoisotopic (exact) mass is 1130 g/mol. The Kier molecular flexibility index (Phi) is 8.36. The van der Waals surface area contributed by atoms with Crippen LogP contribution >= 0.6 is 0 Å². The molecule has 0 saturated carbocycles. The summed E-state index contributed by atoms with van der Waals surface area (Å²) in [5, 5.41) is 4.02. The zero-order valence-corrected chi connectivity index (χ0v) is 42.7. The molecule has 0 saturated heterocycles. The molecule has 0 atom stereocenters. The van der Waals surface area contributed by atoms with E-state index in [9.17, 15) is 5.48 Å². The van der Waals surface area contributed by atoms with Crippen LogP contribution in [0.15, 0.2) is 218 Å². The number of imidazole rings is 1. The van der Waals surface area contributed by atoms with Crippen molar-refractivity contribution in [2.75, 3.05) is 0 Å². The fourth-order valence-electron chi connectivity index (χ4n) is 10.3. The van der Waals surface area contributed by atoms with Crippen molar-refractivity contribution in [2.24, 2.45) is 0 Å². The van der Waals surface area contributed by atoms with E-state index < -0.39 is 60.4 Å². The van der Waals surface area contributed by atoms with Crippen molar-refractivity contribution >= 4 is 54.6 Å². The summed E-state index contributed by atoms with van der Waals surface area (Å²) in [6.07, 6.45) is 1.86. The Labute approximate surface area is 449 Å². The van der Waals surface area contributed by atoms with Gasteiger partial charge in [0.2, 0.25) is 0 Å². The summed E-state index contributed by atoms with van der Waals surface area (Å²) in [5.74, 6) is 1.91. The standard InChI is InChI=1S/C66H51N5O.Pt/c1-43-27-31-59-56(35-43)57-36-44(2)28-32-60(57)70(59)49-39-54(45-17-8-6-9-18-45)65(55(40-49)46-19-10-7-11-20-46)69-42-68(61-25-14-15-26-62(61)69)48-21-16-22-50(38-48)72-51-29-30-53-52-23-12-13-24-58(52)71(63(53)41-51)64-37-47(33-34-67-64)66(3,4)5;/h6-41H,1-5H3;/i6D,7D,8D,9D,10D,11D,17D,18D,19D,20D;. The molecule has 0 N–H and O–H groups in total. The van der Waals surface area contributed by atoms with E-state index in [1.165, 1.54) is 0 Å². The maximum absolute atomic E-state index is 9.60. The third-order valence-corrected chi connectivity index (χ3v) is 14.7. The Morgan fingerprint density at radius 2 is 1.04 bits per heavy atom. The van der Waals surface area contributed by atoms with E-state index in [-0.39, 0.29) is 33.4 Å². The first kappa shape index (κ1) is 34.9. The summed E-state index contributed by atoms with van der Waals surface area (Å²) in [6.45, 7) is 10.6. The van der Waals surface area contributed by atoms with Gasteiger partial charge in [-0.25, -0.2) is 0 Å². The van der Waals surface area contributed by atoms with E-state index in [0.717, 1.165) is 66.1 Å². The summed E-state index contributed by atoms with van der Waals surface area (Å²) in [4.78, 5) is 4.87. The number of hydrogen-bond acceptors (Lipinski definition) is 2. The van der Waals surface area contributed by atoms with Gasteiger partial charge < -0.3 is 0 Å². The summed E-state index contributed by atoms with van der Waals surface area (Å²) in [6, 6.07) is 44.3. The number of nitrogens with zero attached hydrogens (tertiary/aromatic N) is 5. The molecule has 0 amide bonds. The number of ether oxygens (including phenoxy) is 1. The molecule has 0 unspecified atom stereocenters. The second kappa shape index (κ2) is 17.5. The van der Waals surface area contributed by atoms with Gasteiger partial charge in [0.05, 0.1) is 0 Å². The average Bonchev–Trinajstić information content (AvgIpc) is 2.49. The number of pyridine rings is 1. The summed E-state index contributed by atoms with van der Waals surface area (Å²) in [5.41, 5.74) is 9.35. The van der Waals surface area contributed by atoms with Gasteiger partial charge in [-0.05, 0) is 17.0 Å². The average molecular weight is 1140 g/mol. The van der Waals surface area contributed by atoms with Crippen molar-refractivity contribution in [1.82, 2.24) is 23.3 Å². The SMILES string of the molecule is [2H]c1c([2H])c([2H])c(-c2cc(-n3c4ccc(C)cc4c4cc(C)ccc43)cc(-c3c([2H])c([2H])c([2H])c([2H])c3[2H])c2-n2[c](=[Pt])n(-c3cccc(Oc4ccc5c6ccccc6n(-c6cc(C(C)(C)C)ccn6)c5c4)c3)c3ccccc32)c([2H])c1[2H]. The van der Waals surface area contributed by atoms with Crippen LogP contribution in [0, 0.1) is 17.7 Å². The topological polar surface area (TPSA) is 41.8 Å².